The number of carboxylic acids is 2. The molecule has 4 N–H and O–H groups in total. The number of hydrogen-bond acceptors (Lipinski definition) is 6. The third-order valence-corrected chi connectivity index (χ3v) is 7.18. The molecule has 45 heavy (non-hydrogen) atoms. The summed E-state index contributed by atoms with van der Waals surface area (Å²) in [6, 6.07) is 13.2. The van der Waals surface area contributed by atoms with Crippen LogP contribution in [0.4, 0.5) is 26.3 Å². The summed E-state index contributed by atoms with van der Waals surface area (Å²) in [6.45, 7) is 6.83. The third kappa shape index (κ3) is 10.6. The van der Waals surface area contributed by atoms with Crippen LogP contribution in [-0.2, 0) is 16.0 Å². The summed E-state index contributed by atoms with van der Waals surface area (Å²) >= 11 is 0. The molecule has 0 radical (unpaired) electrons. The molecule has 250 valence electrons. The number of halogens is 6. The predicted octanol–water partition coefficient (Wildman–Crippen LogP) is 6.08. The molecule has 1 aliphatic heterocycles. The topological polar surface area (TPSA) is 124 Å². The highest BCUT2D eigenvalue weighted by Crippen LogP contribution is 2.38. The van der Waals surface area contributed by atoms with Crippen LogP contribution in [0, 0.1) is 0 Å². The van der Waals surface area contributed by atoms with Gasteiger partial charge in [-0.2, -0.15) is 26.3 Å². The highest BCUT2D eigenvalue weighted by Gasteiger charge is 2.38. The average molecular weight is 650 g/mol. The van der Waals surface area contributed by atoms with E-state index in [1.54, 1.807) is 14.2 Å². The van der Waals surface area contributed by atoms with Gasteiger partial charge in [-0.15, -0.1) is 0 Å². The quantitative estimate of drug-likeness (QED) is 0.217. The number of likely N-dealkylation sites (tertiary alicyclic amines) is 1. The number of H-pyrrole nitrogens is 1. The molecular formula is C30H37F6N3O6. The molecule has 2 aromatic carbocycles. The van der Waals surface area contributed by atoms with Crippen molar-refractivity contribution >= 4 is 22.8 Å². The highest BCUT2D eigenvalue weighted by molar-refractivity contribution is 5.91. The Labute approximate surface area is 256 Å². The number of carbonyl (C=O) groups is 2. The Kier molecular flexibility index (Phi) is 13.5. The van der Waals surface area contributed by atoms with Crippen LogP contribution in [0.15, 0.2) is 36.4 Å². The van der Waals surface area contributed by atoms with E-state index in [2.05, 4.69) is 52.5 Å². The van der Waals surface area contributed by atoms with Gasteiger partial charge in [-0.1, -0.05) is 13.0 Å². The summed E-state index contributed by atoms with van der Waals surface area (Å²) in [4.78, 5) is 24.0. The van der Waals surface area contributed by atoms with Crippen molar-refractivity contribution in [2.45, 2.75) is 44.5 Å². The predicted molar refractivity (Wildman–Crippen MR) is 156 cm³/mol. The van der Waals surface area contributed by atoms with Gasteiger partial charge in [-0.05, 0) is 86.8 Å². The number of aromatic nitrogens is 1. The number of methoxy groups -OCH3 is 2. The van der Waals surface area contributed by atoms with Crippen molar-refractivity contribution in [2.24, 2.45) is 0 Å². The van der Waals surface area contributed by atoms with Crippen molar-refractivity contribution < 1.29 is 55.6 Å². The van der Waals surface area contributed by atoms with Crippen LogP contribution in [0.2, 0.25) is 0 Å². The molecule has 0 saturated carbocycles. The summed E-state index contributed by atoms with van der Waals surface area (Å²) in [5.74, 6) is -3.35. The molecule has 0 amide bonds. The third-order valence-electron chi connectivity index (χ3n) is 7.18. The van der Waals surface area contributed by atoms with E-state index in [0.717, 1.165) is 36.6 Å². The lowest BCUT2D eigenvalue weighted by atomic mass is 9.88. The molecule has 0 spiro atoms. The number of ether oxygens (including phenoxy) is 2. The van der Waals surface area contributed by atoms with Crippen molar-refractivity contribution in [1.29, 1.82) is 0 Å². The Morgan fingerprint density at radius 3 is 1.96 bits per heavy atom. The van der Waals surface area contributed by atoms with E-state index in [0.29, 0.717) is 5.92 Å². The largest absolute Gasteiger partial charge is 0.493 e. The number of aliphatic carboxylic acids is 2. The molecular weight excluding hydrogens is 612 g/mol. The van der Waals surface area contributed by atoms with Crippen molar-refractivity contribution in [3.05, 3.63) is 47.5 Å². The number of benzene rings is 2. The molecule has 9 nitrogen and oxygen atoms in total. The lowest BCUT2D eigenvalue weighted by Gasteiger charge is -2.32. The number of hydrogen-bond donors (Lipinski definition) is 4. The number of piperidine rings is 1. The SMILES string of the molecule is CCc1c(-c2ccc(OC)c(OC)c2)[nH]c2ccc(C3CCN(CCNC)CC3)cc12.O=C(O)C(F)(F)F.O=C(O)C(F)(F)F. The van der Waals surface area contributed by atoms with Gasteiger partial charge < -0.3 is 34.9 Å². The molecule has 1 aromatic heterocycles. The normalized spacial score (nSPS) is 14.2. The molecule has 2 heterocycles. The first-order valence-corrected chi connectivity index (χ1v) is 13.9. The molecule has 0 bridgehead atoms. The first kappa shape index (κ1) is 37.2. The van der Waals surface area contributed by atoms with E-state index >= 15 is 0 Å². The average Bonchev–Trinajstić information content (AvgIpc) is 3.37. The molecule has 0 unspecified atom stereocenters. The Morgan fingerprint density at radius 1 is 0.933 bits per heavy atom. The number of likely N-dealkylation sites (N-methyl/N-ethyl adjacent to an activating group) is 1. The van der Waals surface area contributed by atoms with Gasteiger partial charge in [-0.25, -0.2) is 9.59 Å². The number of alkyl halides is 6. The molecule has 3 aromatic rings. The fraction of sp³-hybridized carbons (Fsp3) is 0.467. The summed E-state index contributed by atoms with van der Waals surface area (Å²) in [7, 11) is 5.38. The standard InChI is InChI=1S/C26H35N3O2.2C2HF3O2/c1-5-21-22-16-19(18-10-13-29(14-11-18)15-12-27-2)6-8-23(22)28-26(21)20-7-9-24(30-3)25(17-20)31-4;2*3-2(4,5)1(6)7/h6-9,16-18,27-28H,5,10-15H2,1-4H3;2*(H,6,7). The molecule has 1 saturated heterocycles. The number of carboxylic acid groups (broad SMARTS) is 2. The van der Waals surface area contributed by atoms with Gasteiger partial charge in [0, 0.05) is 35.2 Å². The summed E-state index contributed by atoms with van der Waals surface area (Å²) in [6.07, 6.45) is -6.71. The number of fused-ring (bicyclic) bond motifs is 1. The van der Waals surface area contributed by atoms with E-state index < -0.39 is 24.3 Å². The van der Waals surface area contributed by atoms with Gasteiger partial charge in [-0.3, -0.25) is 0 Å². The van der Waals surface area contributed by atoms with Crippen LogP contribution in [0.5, 0.6) is 11.5 Å². The lowest BCUT2D eigenvalue weighted by Crippen LogP contribution is -2.37. The summed E-state index contributed by atoms with van der Waals surface area (Å²) in [5.41, 5.74) is 6.36. The minimum Gasteiger partial charge on any atom is -0.493 e. The molecule has 4 rings (SSSR count). The summed E-state index contributed by atoms with van der Waals surface area (Å²) < 4.78 is 74.4. The van der Waals surface area contributed by atoms with Crippen molar-refractivity contribution in [3.8, 4) is 22.8 Å². The minimum atomic E-state index is -5.08. The first-order chi connectivity index (χ1) is 21.1. The Morgan fingerprint density at radius 2 is 1.49 bits per heavy atom. The van der Waals surface area contributed by atoms with Crippen LogP contribution in [0.1, 0.15) is 36.8 Å². The molecule has 15 heteroatoms. The monoisotopic (exact) mass is 649 g/mol. The van der Waals surface area contributed by atoms with E-state index in [1.807, 2.05) is 13.1 Å². The second kappa shape index (κ2) is 16.4. The summed E-state index contributed by atoms with van der Waals surface area (Å²) in [5, 5.41) is 18.9. The number of aromatic amines is 1. The zero-order chi connectivity index (χ0) is 33.9. The lowest BCUT2D eigenvalue weighted by molar-refractivity contribution is -0.193. The van der Waals surface area contributed by atoms with Crippen LogP contribution < -0.4 is 14.8 Å². The van der Waals surface area contributed by atoms with Crippen molar-refractivity contribution in [3.63, 3.8) is 0 Å². The highest BCUT2D eigenvalue weighted by atomic mass is 19.4. The Balaban J connectivity index is 0.000000421. The number of rotatable bonds is 8. The first-order valence-electron chi connectivity index (χ1n) is 13.9. The van der Waals surface area contributed by atoms with Gasteiger partial charge in [0.25, 0.3) is 0 Å². The van der Waals surface area contributed by atoms with Crippen molar-refractivity contribution in [1.82, 2.24) is 15.2 Å². The van der Waals surface area contributed by atoms with E-state index in [-0.39, 0.29) is 0 Å². The fourth-order valence-corrected chi connectivity index (χ4v) is 4.88. The van der Waals surface area contributed by atoms with Gasteiger partial charge in [0.2, 0.25) is 0 Å². The Hall–Kier alpha value is -3.98. The van der Waals surface area contributed by atoms with Crippen molar-refractivity contribution in [2.75, 3.05) is 47.4 Å². The molecule has 0 aliphatic carbocycles. The maximum Gasteiger partial charge on any atom is 0.490 e. The fourth-order valence-electron chi connectivity index (χ4n) is 4.88. The molecule has 1 aliphatic rings. The number of aryl methyl sites for hydroxylation is 1. The van der Waals surface area contributed by atoms with Gasteiger partial charge >= 0.3 is 24.3 Å². The van der Waals surface area contributed by atoms with Crippen LogP contribution >= 0.6 is 0 Å². The zero-order valence-electron chi connectivity index (χ0n) is 25.2. The second-order valence-electron chi connectivity index (χ2n) is 10.0. The molecule has 0 atom stereocenters. The van der Waals surface area contributed by atoms with E-state index in [9.17, 15) is 26.3 Å². The van der Waals surface area contributed by atoms with Crippen LogP contribution in [-0.4, -0.2) is 91.8 Å². The van der Waals surface area contributed by atoms with E-state index in [4.69, 9.17) is 29.3 Å². The van der Waals surface area contributed by atoms with Gasteiger partial charge in [0.15, 0.2) is 11.5 Å². The maximum atomic E-state index is 10.6. The maximum absolute atomic E-state index is 10.6. The zero-order valence-corrected chi connectivity index (χ0v) is 25.2. The number of nitrogens with one attached hydrogen (secondary N) is 2. The van der Waals surface area contributed by atoms with Crippen LogP contribution in [0.25, 0.3) is 22.2 Å². The minimum absolute atomic E-state index is 0.652. The van der Waals surface area contributed by atoms with Gasteiger partial charge in [0.1, 0.15) is 0 Å². The smallest absolute Gasteiger partial charge is 0.490 e. The molecule has 1 fully saturated rings. The van der Waals surface area contributed by atoms with Gasteiger partial charge in [0.05, 0.1) is 14.2 Å². The Bertz CT molecular complexity index is 1390. The number of nitrogens with zero attached hydrogens (tertiary/aromatic N) is 1. The second-order valence-corrected chi connectivity index (χ2v) is 10.0. The van der Waals surface area contributed by atoms with Crippen LogP contribution in [0.3, 0.4) is 0 Å². The van der Waals surface area contributed by atoms with E-state index in [1.165, 1.54) is 53.7 Å².